The average molecular weight is 294 g/mol. The molecule has 0 aliphatic carbocycles. The predicted molar refractivity (Wildman–Crippen MR) is 56.3 cm³/mol. The minimum absolute atomic E-state index is 0. The third-order valence-electron chi connectivity index (χ3n) is 2.34. The van der Waals surface area contributed by atoms with E-state index in [0.29, 0.717) is 6.07 Å². The lowest BCUT2D eigenvalue weighted by molar-refractivity contribution is -0.291. The minimum Gasteiger partial charge on any atom is -0.319 e. The fourth-order valence-electron chi connectivity index (χ4n) is 1.32. The van der Waals surface area contributed by atoms with Crippen LogP contribution in [0.5, 0.6) is 0 Å². The molecule has 0 spiro atoms. The summed E-state index contributed by atoms with van der Waals surface area (Å²) in [6.07, 6.45) is -5.77. The SMILES string of the molecule is Cc1ccc(F)cc1[C@@H](N)C(F)(F)C(F)(F)F.Cl. The van der Waals surface area contributed by atoms with Gasteiger partial charge in [-0.05, 0) is 30.2 Å². The summed E-state index contributed by atoms with van der Waals surface area (Å²) in [5, 5.41) is 0. The Balaban J connectivity index is 0.00000289. The van der Waals surface area contributed by atoms with Gasteiger partial charge >= 0.3 is 12.1 Å². The van der Waals surface area contributed by atoms with Crippen molar-refractivity contribution in [2.75, 3.05) is 0 Å². The van der Waals surface area contributed by atoms with Gasteiger partial charge in [-0.2, -0.15) is 22.0 Å². The Bertz CT molecular complexity index is 417. The second kappa shape index (κ2) is 5.36. The fraction of sp³-hybridized carbons (Fsp3) is 0.400. The van der Waals surface area contributed by atoms with Crippen molar-refractivity contribution >= 4 is 12.4 Å². The van der Waals surface area contributed by atoms with Crippen LogP contribution in [0.15, 0.2) is 18.2 Å². The molecule has 0 saturated carbocycles. The van der Waals surface area contributed by atoms with E-state index in [1.165, 1.54) is 6.92 Å². The van der Waals surface area contributed by atoms with Gasteiger partial charge in [0.2, 0.25) is 0 Å². The highest BCUT2D eigenvalue weighted by molar-refractivity contribution is 5.85. The molecule has 0 aromatic heterocycles. The molecule has 1 nitrogen and oxygen atoms in total. The van der Waals surface area contributed by atoms with Gasteiger partial charge in [-0.25, -0.2) is 4.39 Å². The van der Waals surface area contributed by atoms with E-state index in [0.717, 1.165) is 12.1 Å². The third kappa shape index (κ3) is 3.08. The van der Waals surface area contributed by atoms with Crippen molar-refractivity contribution in [2.45, 2.75) is 25.1 Å². The first-order chi connectivity index (χ1) is 7.57. The van der Waals surface area contributed by atoms with Crippen LogP contribution in [0.2, 0.25) is 0 Å². The van der Waals surface area contributed by atoms with E-state index in [-0.39, 0.29) is 18.0 Å². The number of hydrogen-bond acceptors (Lipinski definition) is 1. The summed E-state index contributed by atoms with van der Waals surface area (Å²) < 4.78 is 74.9. The second-order valence-corrected chi connectivity index (χ2v) is 3.60. The number of alkyl halides is 5. The highest BCUT2D eigenvalue weighted by Crippen LogP contribution is 2.43. The first-order valence-corrected chi connectivity index (χ1v) is 4.53. The smallest absolute Gasteiger partial charge is 0.319 e. The topological polar surface area (TPSA) is 26.0 Å². The normalized spacial score (nSPS) is 14.0. The zero-order chi connectivity index (χ0) is 13.4. The summed E-state index contributed by atoms with van der Waals surface area (Å²) >= 11 is 0. The summed E-state index contributed by atoms with van der Waals surface area (Å²) in [7, 11) is 0. The van der Waals surface area contributed by atoms with Crippen LogP contribution in [0.3, 0.4) is 0 Å². The fourth-order valence-corrected chi connectivity index (χ4v) is 1.32. The molecule has 1 rings (SSSR count). The largest absolute Gasteiger partial charge is 0.455 e. The Morgan fingerprint density at radius 3 is 2.06 bits per heavy atom. The molecule has 0 unspecified atom stereocenters. The quantitative estimate of drug-likeness (QED) is 0.826. The van der Waals surface area contributed by atoms with E-state index in [1.54, 1.807) is 0 Å². The van der Waals surface area contributed by atoms with Gasteiger partial charge in [0.15, 0.2) is 0 Å². The summed E-state index contributed by atoms with van der Waals surface area (Å²) in [6.45, 7) is 1.28. The van der Waals surface area contributed by atoms with Gasteiger partial charge in [0, 0.05) is 0 Å². The van der Waals surface area contributed by atoms with Crippen molar-refractivity contribution in [2.24, 2.45) is 5.73 Å². The lowest BCUT2D eigenvalue weighted by Crippen LogP contribution is -2.46. The van der Waals surface area contributed by atoms with Crippen molar-refractivity contribution < 1.29 is 26.3 Å². The van der Waals surface area contributed by atoms with Gasteiger partial charge in [0.05, 0.1) is 0 Å². The van der Waals surface area contributed by atoms with Gasteiger partial charge in [0.25, 0.3) is 0 Å². The van der Waals surface area contributed by atoms with E-state index in [4.69, 9.17) is 5.73 Å². The lowest BCUT2D eigenvalue weighted by atomic mass is 9.96. The Labute approximate surface area is 105 Å². The summed E-state index contributed by atoms with van der Waals surface area (Å²) in [5.74, 6) is -6.02. The summed E-state index contributed by atoms with van der Waals surface area (Å²) in [6, 6.07) is 0.00619. The Hall–Kier alpha value is -0.950. The number of nitrogens with two attached hydrogens (primary N) is 1. The number of benzene rings is 1. The van der Waals surface area contributed by atoms with E-state index < -0.39 is 29.5 Å². The van der Waals surface area contributed by atoms with Crippen LogP contribution in [0.25, 0.3) is 0 Å². The van der Waals surface area contributed by atoms with Crippen LogP contribution in [-0.4, -0.2) is 12.1 Å². The van der Waals surface area contributed by atoms with Crippen LogP contribution in [0.4, 0.5) is 26.3 Å². The van der Waals surface area contributed by atoms with E-state index in [9.17, 15) is 26.3 Å². The average Bonchev–Trinajstić information content (AvgIpc) is 2.19. The minimum atomic E-state index is -5.77. The molecule has 0 saturated heterocycles. The van der Waals surface area contributed by atoms with Crippen molar-refractivity contribution in [3.8, 4) is 0 Å². The summed E-state index contributed by atoms with van der Waals surface area (Å²) in [5.41, 5.74) is 4.40. The molecule has 0 radical (unpaired) electrons. The molecule has 8 heteroatoms. The molecule has 0 heterocycles. The van der Waals surface area contributed by atoms with E-state index >= 15 is 0 Å². The molecule has 18 heavy (non-hydrogen) atoms. The predicted octanol–water partition coefficient (Wildman–Crippen LogP) is 3.75. The first-order valence-electron chi connectivity index (χ1n) is 4.53. The third-order valence-corrected chi connectivity index (χ3v) is 2.34. The number of hydrogen-bond donors (Lipinski definition) is 1. The number of aryl methyl sites for hydroxylation is 1. The zero-order valence-corrected chi connectivity index (χ0v) is 9.88. The van der Waals surface area contributed by atoms with Crippen LogP contribution in [-0.2, 0) is 0 Å². The number of rotatable bonds is 2. The van der Waals surface area contributed by atoms with Crippen LogP contribution in [0.1, 0.15) is 17.2 Å². The van der Waals surface area contributed by atoms with Crippen molar-refractivity contribution in [3.05, 3.63) is 35.1 Å². The molecule has 104 valence electrons. The Morgan fingerprint density at radius 1 is 1.11 bits per heavy atom. The molecular weight excluding hydrogens is 284 g/mol. The Kier molecular flexibility index (Phi) is 5.07. The molecule has 0 amide bonds. The molecule has 1 aromatic carbocycles. The van der Waals surface area contributed by atoms with Gasteiger partial charge in [-0.1, -0.05) is 6.07 Å². The van der Waals surface area contributed by atoms with Crippen LogP contribution < -0.4 is 5.73 Å². The lowest BCUT2D eigenvalue weighted by Gasteiger charge is -2.26. The standard InChI is InChI=1S/C10H9F6N.ClH/c1-5-2-3-6(11)4-7(5)8(17)9(12,13)10(14,15)16;/h2-4,8H,17H2,1H3;1H/t8-;/m1./s1. The van der Waals surface area contributed by atoms with Gasteiger partial charge in [-0.15, -0.1) is 12.4 Å². The maximum absolute atomic E-state index is 12.9. The molecule has 0 aliphatic heterocycles. The van der Waals surface area contributed by atoms with Gasteiger partial charge in [0.1, 0.15) is 11.9 Å². The monoisotopic (exact) mass is 293 g/mol. The highest BCUT2D eigenvalue weighted by atomic mass is 35.5. The van der Waals surface area contributed by atoms with E-state index in [1.807, 2.05) is 0 Å². The van der Waals surface area contributed by atoms with Crippen LogP contribution in [0, 0.1) is 12.7 Å². The maximum Gasteiger partial charge on any atom is 0.455 e. The molecule has 0 aliphatic rings. The molecule has 2 N–H and O–H groups in total. The highest BCUT2D eigenvalue weighted by Gasteiger charge is 2.61. The molecule has 0 fully saturated rings. The molecule has 0 bridgehead atoms. The number of halogens is 7. The van der Waals surface area contributed by atoms with Crippen LogP contribution >= 0.6 is 12.4 Å². The molecule has 1 atom stereocenters. The summed E-state index contributed by atoms with van der Waals surface area (Å²) in [4.78, 5) is 0. The molecule has 1 aromatic rings. The Morgan fingerprint density at radius 2 is 1.61 bits per heavy atom. The zero-order valence-electron chi connectivity index (χ0n) is 9.06. The van der Waals surface area contributed by atoms with Crippen molar-refractivity contribution in [1.29, 1.82) is 0 Å². The van der Waals surface area contributed by atoms with Crippen molar-refractivity contribution in [1.82, 2.24) is 0 Å². The maximum atomic E-state index is 12.9. The van der Waals surface area contributed by atoms with E-state index in [2.05, 4.69) is 0 Å². The van der Waals surface area contributed by atoms with Gasteiger partial charge in [-0.3, -0.25) is 0 Å². The second-order valence-electron chi connectivity index (χ2n) is 3.60. The van der Waals surface area contributed by atoms with Gasteiger partial charge < -0.3 is 5.73 Å². The first kappa shape index (κ1) is 17.1. The van der Waals surface area contributed by atoms with Crippen molar-refractivity contribution in [3.63, 3.8) is 0 Å². The molecular formula is C10H10ClF6N.